The van der Waals surface area contributed by atoms with Crippen LogP contribution in [0.1, 0.15) is 33.6 Å². The summed E-state index contributed by atoms with van der Waals surface area (Å²) in [6.45, 7) is 4.39. The molecule has 164 valence electrons. The molecular formula is C27H28N2O3. The summed E-state index contributed by atoms with van der Waals surface area (Å²) in [6, 6.07) is 21.7. The highest BCUT2D eigenvalue weighted by Crippen LogP contribution is 2.27. The number of hydrogen-bond donors (Lipinski definition) is 0. The molecule has 5 heteroatoms. The molecule has 2 saturated heterocycles. The first kappa shape index (κ1) is 20.7. The maximum absolute atomic E-state index is 13.4. The lowest BCUT2D eigenvalue weighted by Gasteiger charge is -2.32. The van der Waals surface area contributed by atoms with Gasteiger partial charge in [0.2, 0.25) is 0 Å². The van der Waals surface area contributed by atoms with E-state index in [4.69, 9.17) is 4.74 Å². The number of ether oxygens (including phenoxy) is 1. The van der Waals surface area contributed by atoms with Gasteiger partial charge < -0.3 is 14.5 Å². The number of piperidine rings is 1. The smallest absolute Gasteiger partial charge is 0.253 e. The lowest BCUT2D eigenvalue weighted by Crippen LogP contribution is -2.42. The van der Waals surface area contributed by atoms with E-state index in [1.807, 2.05) is 71.6 Å². The topological polar surface area (TPSA) is 49.9 Å². The quantitative estimate of drug-likeness (QED) is 0.578. The lowest BCUT2D eigenvalue weighted by molar-refractivity contribution is 0.0637. The molecule has 2 heterocycles. The van der Waals surface area contributed by atoms with E-state index in [-0.39, 0.29) is 17.6 Å². The number of morpholine rings is 1. The number of fused-ring (bicyclic) bond motifs is 1. The molecule has 0 aromatic heterocycles. The molecular weight excluding hydrogens is 400 g/mol. The fraction of sp³-hybridized carbons (Fsp3) is 0.333. The number of nitrogens with zero attached hydrogens (tertiary/aromatic N) is 2. The molecule has 1 atom stereocenters. The van der Waals surface area contributed by atoms with Crippen molar-refractivity contribution < 1.29 is 14.3 Å². The van der Waals surface area contributed by atoms with Crippen molar-refractivity contribution in [1.82, 2.24) is 4.90 Å². The Balaban J connectivity index is 1.30. The van der Waals surface area contributed by atoms with E-state index in [9.17, 15) is 9.59 Å². The lowest BCUT2D eigenvalue weighted by atomic mass is 9.87. The number of likely N-dealkylation sites (tertiary alicyclic amines) is 1. The highest BCUT2D eigenvalue weighted by Gasteiger charge is 2.30. The summed E-state index contributed by atoms with van der Waals surface area (Å²) in [4.78, 5) is 30.7. The summed E-state index contributed by atoms with van der Waals surface area (Å²) in [5.74, 6) is -0.0120. The zero-order valence-corrected chi connectivity index (χ0v) is 18.2. The Hall–Kier alpha value is -3.18. The Morgan fingerprint density at radius 2 is 1.59 bits per heavy atom. The van der Waals surface area contributed by atoms with Gasteiger partial charge in [-0.25, -0.2) is 0 Å². The minimum absolute atomic E-state index is 0.00828. The number of amides is 1. The normalized spacial score (nSPS) is 19.2. The number of benzene rings is 3. The molecule has 1 amide bonds. The summed E-state index contributed by atoms with van der Waals surface area (Å²) in [5, 5.41) is 2.06. The van der Waals surface area contributed by atoms with Crippen LogP contribution in [-0.2, 0) is 4.74 Å². The van der Waals surface area contributed by atoms with Crippen molar-refractivity contribution in [2.75, 3.05) is 44.3 Å². The molecule has 2 aliphatic rings. The largest absolute Gasteiger partial charge is 0.378 e. The first-order chi connectivity index (χ1) is 15.7. The number of ketones is 1. The third-order valence-corrected chi connectivity index (χ3v) is 6.62. The van der Waals surface area contributed by atoms with Crippen molar-refractivity contribution in [3.8, 4) is 0 Å². The van der Waals surface area contributed by atoms with Crippen LogP contribution in [0.5, 0.6) is 0 Å². The molecule has 2 fully saturated rings. The zero-order chi connectivity index (χ0) is 21.9. The van der Waals surface area contributed by atoms with Crippen LogP contribution in [0.4, 0.5) is 5.69 Å². The van der Waals surface area contributed by atoms with E-state index >= 15 is 0 Å². The molecule has 3 aromatic carbocycles. The third kappa shape index (κ3) is 4.13. The second-order valence-electron chi connectivity index (χ2n) is 8.63. The van der Waals surface area contributed by atoms with Crippen LogP contribution >= 0.6 is 0 Å². The van der Waals surface area contributed by atoms with Crippen molar-refractivity contribution in [3.05, 3.63) is 77.9 Å². The van der Waals surface area contributed by atoms with Crippen molar-refractivity contribution in [3.63, 3.8) is 0 Å². The standard InChI is InChI=1S/C27H28N2O3/c30-26(25-9-3-6-20-5-1-2-8-24(20)25)22-7-4-14-29(19-22)27(31)21-10-12-23(13-11-21)28-15-17-32-18-16-28/h1-3,5-6,8-13,22H,4,7,14-19H2/t22-/m0/s1. The highest BCUT2D eigenvalue weighted by atomic mass is 16.5. The van der Waals surface area contributed by atoms with E-state index in [0.29, 0.717) is 18.7 Å². The Kier molecular flexibility index (Phi) is 5.91. The van der Waals surface area contributed by atoms with Crippen LogP contribution in [0.15, 0.2) is 66.7 Å². The Labute approximate surface area is 188 Å². The summed E-state index contributed by atoms with van der Waals surface area (Å²) in [5.41, 5.74) is 2.56. The number of carbonyl (C=O) groups is 2. The van der Waals surface area contributed by atoms with Gasteiger partial charge in [-0.2, -0.15) is 0 Å². The van der Waals surface area contributed by atoms with E-state index in [2.05, 4.69) is 4.90 Å². The van der Waals surface area contributed by atoms with Crippen LogP contribution in [0.3, 0.4) is 0 Å². The van der Waals surface area contributed by atoms with Gasteiger partial charge in [0.05, 0.1) is 13.2 Å². The third-order valence-electron chi connectivity index (χ3n) is 6.62. The molecule has 2 aliphatic heterocycles. The van der Waals surface area contributed by atoms with E-state index in [0.717, 1.165) is 61.2 Å². The maximum atomic E-state index is 13.4. The van der Waals surface area contributed by atoms with E-state index in [1.165, 1.54) is 0 Å². The van der Waals surface area contributed by atoms with Crippen molar-refractivity contribution in [2.45, 2.75) is 12.8 Å². The fourth-order valence-electron chi connectivity index (χ4n) is 4.85. The van der Waals surface area contributed by atoms with Gasteiger partial charge in [0.15, 0.2) is 5.78 Å². The predicted molar refractivity (Wildman–Crippen MR) is 126 cm³/mol. The Bertz CT molecular complexity index is 1110. The number of anilines is 1. The highest BCUT2D eigenvalue weighted by molar-refractivity contribution is 6.09. The Morgan fingerprint density at radius 3 is 2.41 bits per heavy atom. The molecule has 0 aliphatic carbocycles. The molecule has 3 aromatic rings. The van der Waals surface area contributed by atoms with Crippen LogP contribution in [0.25, 0.3) is 10.8 Å². The molecule has 0 bridgehead atoms. The van der Waals surface area contributed by atoms with Crippen molar-refractivity contribution in [1.29, 1.82) is 0 Å². The molecule has 5 rings (SSSR count). The minimum Gasteiger partial charge on any atom is -0.378 e. The van der Waals surface area contributed by atoms with Crippen molar-refractivity contribution >= 4 is 28.2 Å². The van der Waals surface area contributed by atoms with Crippen LogP contribution in [-0.4, -0.2) is 56.0 Å². The molecule has 0 saturated carbocycles. The summed E-state index contributed by atoms with van der Waals surface area (Å²) < 4.78 is 5.42. The van der Waals surface area contributed by atoms with Gasteiger partial charge in [0, 0.05) is 48.9 Å². The number of rotatable bonds is 4. The second-order valence-corrected chi connectivity index (χ2v) is 8.63. The molecule has 5 nitrogen and oxygen atoms in total. The second kappa shape index (κ2) is 9.13. The van der Waals surface area contributed by atoms with Crippen LogP contribution in [0, 0.1) is 5.92 Å². The average Bonchev–Trinajstić information content (AvgIpc) is 2.88. The van der Waals surface area contributed by atoms with E-state index in [1.54, 1.807) is 0 Å². The van der Waals surface area contributed by atoms with Gasteiger partial charge in [0.25, 0.3) is 5.91 Å². The summed E-state index contributed by atoms with van der Waals surface area (Å²) in [6.07, 6.45) is 1.67. The SMILES string of the molecule is O=C(c1cccc2ccccc12)[C@H]1CCCN(C(=O)c2ccc(N3CCOCC3)cc2)C1. The van der Waals surface area contributed by atoms with Gasteiger partial charge in [-0.05, 0) is 47.9 Å². The zero-order valence-electron chi connectivity index (χ0n) is 18.2. The van der Waals surface area contributed by atoms with Crippen molar-refractivity contribution in [2.24, 2.45) is 5.92 Å². The fourth-order valence-corrected chi connectivity index (χ4v) is 4.85. The summed E-state index contributed by atoms with van der Waals surface area (Å²) >= 11 is 0. The average molecular weight is 429 g/mol. The monoisotopic (exact) mass is 428 g/mol. The number of Topliss-reactive ketones (excluding diaryl/α,β-unsaturated/α-hetero) is 1. The first-order valence-corrected chi connectivity index (χ1v) is 11.4. The van der Waals surface area contributed by atoms with Crippen LogP contribution in [0.2, 0.25) is 0 Å². The maximum Gasteiger partial charge on any atom is 0.253 e. The summed E-state index contributed by atoms with van der Waals surface area (Å²) in [7, 11) is 0. The van der Waals surface area contributed by atoms with Gasteiger partial charge in [0.1, 0.15) is 0 Å². The molecule has 0 spiro atoms. The minimum atomic E-state index is -0.161. The van der Waals surface area contributed by atoms with Gasteiger partial charge in [-0.3, -0.25) is 9.59 Å². The first-order valence-electron chi connectivity index (χ1n) is 11.4. The van der Waals surface area contributed by atoms with Gasteiger partial charge in [-0.1, -0.05) is 42.5 Å². The Morgan fingerprint density at radius 1 is 0.844 bits per heavy atom. The molecule has 0 radical (unpaired) electrons. The van der Waals surface area contributed by atoms with E-state index < -0.39 is 0 Å². The number of carbonyl (C=O) groups excluding carboxylic acids is 2. The van der Waals surface area contributed by atoms with Gasteiger partial charge in [-0.15, -0.1) is 0 Å². The molecule has 0 N–H and O–H groups in total. The predicted octanol–water partition coefficient (Wildman–Crippen LogP) is 4.41. The molecule has 0 unspecified atom stereocenters. The van der Waals surface area contributed by atoms with Crippen LogP contribution < -0.4 is 4.90 Å². The molecule has 32 heavy (non-hydrogen) atoms. The number of hydrogen-bond acceptors (Lipinski definition) is 4. The van der Waals surface area contributed by atoms with Gasteiger partial charge >= 0.3 is 0 Å².